The van der Waals surface area contributed by atoms with Crippen molar-refractivity contribution in [1.29, 1.82) is 0 Å². The van der Waals surface area contributed by atoms with E-state index in [4.69, 9.17) is 9.15 Å². The molecule has 0 aliphatic rings. The molecular weight excluding hydrogens is 328 g/mol. The van der Waals surface area contributed by atoms with Crippen LogP contribution in [0.5, 0.6) is 5.75 Å². The third-order valence-electron chi connectivity index (χ3n) is 3.97. The summed E-state index contributed by atoms with van der Waals surface area (Å²) < 4.78 is 11.7. The van der Waals surface area contributed by atoms with Crippen molar-refractivity contribution in [2.24, 2.45) is 0 Å². The minimum atomic E-state index is -0.320. The lowest BCUT2D eigenvalue weighted by Gasteiger charge is -2.07. The van der Waals surface area contributed by atoms with E-state index >= 15 is 0 Å². The Kier molecular flexibility index (Phi) is 4.35. The monoisotopic (exact) mass is 344 g/mol. The SMILES string of the molecule is O=C(Nc1ccncc1)c1oc2ccccc2c1COc1ccccc1. The molecule has 0 fully saturated rings. The van der Waals surface area contributed by atoms with Crippen LogP contribution in [0.4, 0.5) is 5.69 Å². The van der Waals surface area contributed by atoms with Crippen LogP contribution >= 0.6 is 0 Å². The van der Waals surface area contributed by atoms with Gasteiger partial charge >= 0.3 is 0 Å². The number of pyridine rings is 1. The molecule has 4 rings (SSSR count). The predicted octanol–water partition coefficient (Wildman–Crippen LogP) is 4.66. The molecule has 2 heterocycles. The molecule has 0 atom stereocenters. The van der Waals surface area contributed by atoms with Gasteiger partial charge in [-0.05, 0) is 30.3 Å². The average molecular weight is 344 g/mol. The molecule has 1 amide bonds. The summed E-state index contributed by atoms with van der Waals surface area (Å²) in [6.07, 6.45) is 3.24. The minimum Gasteiger partial charge on any atom is -0.489 e. The quantitative estimate of drug-likeness (QED) is 0.572. The zero-order chi connectivity index (χ0) is 17.8. The number of nitrogens with zero attached hydrogens (tertiary/aromatic N) is 1. The molecule has 2 aromatic carbocycles. The summed E-state index contributed by atoms with van der Waals surface area (Å²) in [5.74, 6) is 0.663. The number of fused-ring (bicyclic) bond motifs is 1. The minimum absolute atomic E-state index is 0.236. The maximum Gasteiger partial charge on any atom is 0.291 e. The zero-order valence-electron chi connectivity index (χ0n) is 13.9. The number of carbonyl (C=O) groups is 1. The summed E-state index contributed by atoms with van der Waals surface area (Å²) in [5, 5.41) is 3.69. The number of carbonyl (C=O) groups excluding carboxylic acids is 1. The number of hydrogen-bond acceptors (Lipinski definition) is 4. The molecule has 128 valence electrons. The van der Waals surface area contributed by atoms with Gasteiger partial charge in [-0.25, -0.2) is 0 Å². The van der Waals surface area contributed by atoms with Crippen LogP contribution < -0.4 is 10.1 Å². The van der Waals surface area contributed by atoms with Gasteiger partial charge in [0, 0.05) is 29.0 Å². The third-order valence-corrected chi connectivity index (χ3v) is 3.97. The van der Waals surface area contributed by atoms with E-state index in [1.807, 2.05) is 54.6 Å². The van der Waals surface area contributed by atoms with Crippen LogP contribution in [-0.2, 0) is 6.61 Å². The summed E-state index contributed by atoms with van der Waals surface area (Å²) in [5.41, 5.74) is 2.02. The van der Waals surface area contributed by atoms with Crippen LogP contribution in [-0.4, -0.2) is 10.9 Å². The second kappa shape index (κ2) is 7.11. The average Bonchev–Trinajstić information content (AvgIpc) is 3.07. The Balaban J connectivity index is 1.66. The summed E-state index contributed by atoms with van der Waals surface area (Å²) >= 11 is 0. The van der Waals surface area contributed by atoms with Crippen molar-refractivity contribution in [3.05, 3.63) is 90.4 Å². The molecule has 0 spiro atoms. The molecule has 5 nitrogen and oxygen atoms in total. The molecule has 0 saturated carbocycles. The molecule has 0 aliphatic carbocycles. The molecule has 5 heteroatoms. The van der Waals surface area contributed by atoms with Gasteiger partial charge in [-0.2, -0.15) is 0 Å². The highest BCUT2D eigenvalue weighted by Gasteiger charge is 2.21. The van der Waals surface area contributed by atoms with Crippen LogP contribution in [0.1, 0.15) is 16.1 Å². The van der Waals surface area contributed by atoms with Gasteiger partial charge in [-0.3, -0.25) is 9.78 Å². The van der Waals surface area contributed by atoms with Gasteiger partial charge in [0.1, 0.15) is 17.9 Å². The number of hydrogen-bond donors (Lipinski definition) is 1. The number of benzene rings is 2. The number of furan rings is 1. The second-order valence-electron chi connectivity index (χ2n) is 5.70. The van der Waals surface area contributed by atoms with Crippen molar-refractivity contribution in [3.8, 4) is 5.75 Å². The Bertz CT molecular complexity index is 1030. The molecule has 0 unspecified atom stereocenters. The highest BCUT2D eigenvalue weighted by atomic mass is 16.5. The Labute approximate surface area is 150 Å². The number of rotatable bonds is 5. The number of ether oxygens (including phenoxy) is 1. The molecule has 4 aromatic rings. The van der Waals surface area contributed by atoms with Gasteiger partial charge in [0.15, 0.2) is 5.76 Å². The van der Waals surface area contributed by atoms with Gasteiger partial charge < -0.3 is 14.5 Å². The van der Waals surface area contributed by atoms with Crippen LogP contribution in [0.25, 0.3) is 11.0 Å². The largest absolute Gasteiger partial charge is 0.489 e. The van der Waals surface area contributed by atoms with Crippen LogP contribution in [0.3, 0.4) is 0 Å². The lowest BCUT2D eigenvalue weighted by molar-refractivity contribution is 0.0995. The highest BCUT2D eigenvalue weighted by molar-refractivity contribution is 6.06. The van der Waals surface area contributed by atoms with E-state index < -0.39 is 0 Å². The Hall–Kier alpha value is -3.60. The van der Waals surface area contributed by atoms with Crippen LogP contribution in [0.2, 0.25) is 0 Å². The first kappa shape index (κ1) is 15.9. The number of aromatic nitrogens is 1. The molecule has 26 heavy (non-hydrogen) atoms. The van der Waals surface area contributed by atoms with Gasteiger partial charge in [-0.15, -0.1) is 0 Å². The van der Waals surface area contributed by atoms with Gasteiger partial charge in [-0.1, -0.05) is 36.4 Å². The summed E-state index contributed by atoms with van der Waals surface area (Å²) in [7, 11) is 0. The molecule has 2 aromatic heterocycles. The van der Waals surface area contributed by atoms with E-state index in [2.05, 4.69) is 10.3 Å². The second-order valence-corrected chi connectivity index (χ2v) is 5.70. The molecule has 0 aliphatic heterocycles. The van der Waals surface area contributed by atoms with Crippen molar-refractivity contribution < 1.29 is 13.9 Å². The predicted molar refractivity (Wildman–Crippen MR) is 99.2 cm³/mol. The molecule has 1 N–H and O–H groups in total. The normalized spacial score (nSPS) is 10.6. The number of anilines is 1. The first-order valence-electron chi connectivity index (χ1n) is 8.21. The van der Waals surface area contributed by atoms with E-state index in [0.29, 0.717) is 11.3 Å². The fourth-order valence-corrected chi connectivity index (χ4v) is 2.72. The number of nitrogens with one attached hydrogen (secondary N) is 1. The lowest BCUT2D eigenvalue weighted by Crippen LogP contribution is -2.13. The molecule has 0 bridgehead atoms. The van der Waals surface area contributed by atoms with Crippen molar-refractivity contribution in [2.75, 3.05) is 5.32 Å². The maximum atomic E-state index is 12.7. The molecular formula is C21H16N2O3. The van der Waals surface area contributed by atoms with Crippen molar-refractivity contribution in [1.82, 2.24) is 4.98 Å². The van der Waals surface area contributed by atoms with Crippen molar-refractivity contribution in [3.63, 3.8) is 0 Å². The first-order chi connectivity index (χ1) is 12.8. The van der Waals surface area contributed by atoms with E-state index in [-0.39, 0.29) is 18.3 Å². The lowest BCUT2D eigenvalue weighted by atomic mass is 10.1. The van der Waals surface area contributed by atoms with Crippen LogP contribution in [0.15, 0.2) is 83.5 Å². The Morgan fingerprint density at radius 3 is 2.50 bits per heavy atom. The van der Waals surface area contributed by atoms with E-state index in [0.717, 1.165) is 16.7 Å². The van der Waals surface area contributed by atoms with E-state index in [9.17, 15) is 4.79 Å². The molecule has 0 saturated heterocycles. The zero-order valence-corrected chi connectivity index (χ0v) is 13.9. The third kappa shape index (κ3) is 3.28. The van der Waals surface area contributed by atoms with Gasteiger partial charge in [0.2, 0.25) is 0 Å². The first-order valence-corrected chi connectivity index (χ1v) is 8.21. The maximum absolute atomic E-state index is 12.7. The van der Waals surface area contributed by atoms with Crippen molar-refractivity contribution >= 4 is 22.6 Å². The Morgan fingerprint density at radius 2 is 1.69 bits per heavy atom. The molecule has 0 radical (unpaired) electrons. The standard InChI is InChI=1S/C21H16N2O3/c24-21(23-15-10-12-22-13-11-15)20-18(14-25-16-6-2-1-3-7-16)17-8-4-5-9-19(17)26-20/h1-13H,14H2,(H,22,23,24). The number of amides is 1. The fourth-order valence-electron chi connectivity index (χ4n) is 2.72. The van der Waals surface area contributed by atoms with Gasteiger partial charge in [0.25, 0.3) is 5.91 Å². The number of para-hydroxylation sites is 2. The highest BCUT2D eigenvalue weighted by Crippen LogP contribution is 2.28. The van der Waals surface area contributed by atoms with E-state index in [1.165, 1.54) is 0 Å². The van der Waals surface area contributed by atoms with E-state index in [1.54, 1.807) is 24.5 Å². The summed E-state index contributed by atoms with van der Waals surface area (Å²) in [6, 6.07) is 20.5. The van der Waals surface area contributed by atoms with Crippen LogP contribution in [0, 0.1) is 0 Å². The summed E-state index contributed by atoms with van der Waals surface area (Å²) in [6.45, 7) is 0.236. The van der Waals surface area contributed by atoms with Gasteiger partial charge in [0.05, 0.1) is 0 Å². The van der Waals surface area contributed by atoms with Crippen molar-refractivity contribution in [2.45, 2.75) is 6.61 Å². The smallest absolute Gasteiger partial charge is 0.291 e. The summed E-state index contributed by atoms with van der Waals surface area (Å²) in [4.78, 5) is 16.7. The fraction of sp³-hybridized carbons (Fsp3) is 0.0476. The Morgan fingerprint density at radius 1 is 0.962 bits per heavy atom. The topological polar surface area (TPSA) is 64.4 Å².